The quantitative estimate of drug-likeness (QED) is 0.791. The van der Waals surface area contributed by atoms with E-state index >= 15 is 0 Å². The summed E-state index contributed by atoms with van der Waals surface area (Å²) >= 11 is 0. The van der Waals surface area contributed by atoms with Gasteiger partial charge in [0, 0.05) is 25.2 Å². The molecule has 0 spiro atoms. The SMILES string of the molecule is CC(=Cc1ccccc1)[C@@H]1C[C@H]1NC1CCN(CC(N)=O)CC1.Cl.Cl. The van der Waals surface area contributed by atoms with Gasteiger partial charge in [-0.1, -0.05) is 42.0 Å². The maximum absolute atomic E-state index is 11.0. The lowest BCUT2D eigenvalue weighted by atomic mass is 10.0. The maximum Gasteiger partial charge on any atom is 0.231 e. The Kier molecular flexibility index (Phi) is 8.94. The lowest BCUT2D eigenvalue weighted by molar-refractivity contribution is -0.119. The number of hydrogen-bond donors (Lipinski definition) is 2. The molecule has 0 radical (unpaired) electrons. The van der Waals surface area contributed by atoms with E-state index in [1.165, 1.54) is 17.6 Å². The van der Waals surface area contributed by atoms with Crippen molar-refractivity contribution in [1.29, 1.82) is 0 Å². The Bertz CT molecular complexity index is 571. The van der Waals surface area contributed by atoms with Crippen molar-refractivity contribution in [3.05, 3.63) is 41.5 Å². The number of hydrogen-bond acceptors (Lipinski definition) is 3. The zero-order chi connectivity index (χ0) is 16.2. The van der Waals surface area contributed by atoms with E-state index in [4.69, 9.17) is 5.73 Å². The summed E-state index contributed by atoms with van der Waals surface area (Å²) in [6.45, 7) is 4.58. The minimum Gasteiger partial charge on any atom is -0.369 e. The van der Waals surface area contributed by atoms with E-state index in [1.54, 1.807) is 0 Å². The van der Waals surface area contributed by atoms with Crippen molar-refractivity contribution in [2.75, 3.05) is 19.6 Å². The third-order valence-corrected chi connectivity index (χ3v) is 4.99. The molecule has 0 aromatic heterocycles. The molecule has 1 aliphatic heterocycles. The van der Waals surface area contributed by atoms with Gasteiger partial charge in [0.05, 0.1) is 6.54 Å². The summed E-state index contributed by atoms with van der Waals surface area (Å²) in [5.74, 6) is 0.458. The average molecular weight is 386 g/mol. The second-order valence-corrected chi connectivity index (χ2v) is 6.93. The van der Waals surface area contributed by atoms with Gasteiger partial charge in [-0.2, -0.15) is 0 Å². The summed E-state index contributed by atoms with van der Waals surface area (Å²) in [6, 6.07) is 11.7. The molecule has 3 rings (SSSR count). The number of carbonyl (C=O) groups is 1. The minimum absolute atomic E-state index is 0. The summed E-state index contributed by atoms with van der Waals surface area (Å²) in [6.07, 6.45) is 5.77. The Hall–Kier alpha value is -1.07. The van der Waals surface area contributed by atoms with Crippen LogP contribution in [0.4, 0.5) is 0 Å². The Labute approximate surface area is 163 Å². The minimum atomic E-state index is -0.222. The second-order valence-electron chi connectivity index (χ2n) is 6.93. The Morgan fingerprint density at radius 3 is 2.48 bits per heavy atom. The molecule has 3 N–H and O–H groups in total. The van der Waals surface area contributed by atoms with Crippen LogP contribution in [0.25, 0.3) is 6.08 Å². The van der Waals surface area contributed by atoms with Crippen molar-refractivity contribution in [2.45, 2.75) is 38.3 Å². The summed E-state index contributed by atoms with van der Waals surface area (Å²) in [5, 5.41) is 3.80. The highest BCUT2D eigenvalue weighted by Gasteiger charge is 2.39. The van der Waals surface area contributed by atoms with Gasteiger partial charge in [-0.3, -0.25) is 9.69 Å². The summed E-state index contributed by atoms with van der Waals surface area (Å²) in [4.78, 5) is 13.1. The van der Waals surface area contributed by atoms with E-state index in [-0.39, 0.29) is 30.7 Å². The third kappa shape index (κ3) is 6.63. The molecule has 6 heteroatoms. The highest BCUT2D eigenvalue weighted by atomic mass is 35.5. The first-order valence-corrected chi connectivity index (χ1v) is 8.62. The van der Waals surface area contributed by atoms with Crippen molar-refractivity contribution in [3.8, 4) is 0 Å². The summed E-state index contributed by atoms with van der Waals surface area (Å²) in [5.41, 5.74) is 8.02. The number of rotatable bonds is 6. The predicted octanol–water partition coefficient (Wildman–Crippen LogP) is 2.86. The smallest absolute Gasteiger partial charge is 0.231 e. The number of piperidine rings is 1. The molecule has 1 saturated heterocycles. The van der Waals surface area contributed by atoms with Crippen molar-refractivity contribution in [2.24, 2.45) is 11.7 Å². The van der Waals surface area contributed by atoms with E-state index in [1.807, 2.05) is 0 Å². The first kappa shape index (κ1) is 22.0. The zero-order valence-corrected chi connectivity index (χ0v) is 16.3. The van der Waals surface area contributed by atoms with Gasteiger partial charge in [0.25, 0.3) is 0 Å². The lowest BCUT2D eigenvalue weighted by Gasteiger charge is -2.31. The number of nitrogens with one attached hydrogen (secondary N) is 1. The normalized spacial score (nSPS) is 24.1. The van der Waals surface area contributed by atoms with E-state index in [0.29, 0.717) is 24.5 Å². The van der Waals surface area contributed by atoms with Crippen molar-refractivity contribution in [3.63, 3.8) is 0 Å². The molecule has 140 valence electrons. The van der Waals surface area contributed by atoms with Gasteiger partial charge in [0.2, 0.25) is 5.91 Å². The number of amides is 1. The van der Waals surface area contributed by atoms with E-state index < -0.39 is 0 Å². The number of nitrogens with zero attached hydrogens (tertiary/aromatic N) is 1. The highest BCUT2D eigenvalue weighted by molar-refractivity contribution is 5.85. The van der Waals surface area contributed by atoms with Gasteiger partial charge in [-0.25, -0.2) is 0 Å². The number of likely N-dealkylation sites (tertiary alicyclic amines) is 1. The molecule has 0 unspecified atom stereocenters. The molecule has 1 saturated carbocycles. The van der Waals surface area contributed by atoms with Crippen LogP contribution in [0.1, 0.15) is 31.7 Å². The molecule has 1 aromatic carbocycles. The fourth-order valence-electron chi connectivity index (χ4n) is 3.58. The highest BCUT2D eigenvalue weighted by Crippen LogP contribution is 2.38. The summed E-state index contributed by atoms with van der Waals surface area (Å²) in [7, 11) is 0. The Morgan fingerprint density at radius 2 is 1.88 bits per heavy atom. The molecule has 4 nitrogen and oxygen atoms in total. The van der Waals surface area contributed by atoms with Gasteiger partial charge >= 0.3 is 0 Å². The fraction of sp³-hybridized carbons (Fsp3) is 0.526. The van der Waals surface area contributed by atoms with Crippen molar-refractivity contribution < 1.29 is 4.79 Å². The van der Waals surface area contributed by atoms with Crippen molar-refractivity contribution >= 4 is 36.8 Å². The molecule has 1 heterocycles. The van der Waals surface area contributed by atoms with Gasteiger partial charge in [0.1, 0.15) is 0 Å². The molecule has 1 aliphatic carbocycles. The number of halogens is 2. The predicted molar refractivity (Wildman–Crippen MR) is 108 cm³/mol. The zero-order valence-electron chi connectivity index (χ0n) is 14.7. The maximum atomic E-state index is 11.0. The summed E-state index contributed by atoms with van der Waals surface area (Å²) < 4.78 is 0. The van der Waals surface area contributed by atoms with Crippen LogP contribution in [0.3, 0.4) is 0 Å². The molecule has 2 atom stereocenters. The molecule has 0 bridgehead atoms. The molecular formula is C19H29Cl2N3O. The van der Waals surface area contributed by atoms with E-state index in [2.05, 4.69) is 53.5 Å². The van der Waals surface area contributed by atoms with Gasteiger partial charge in [0.15, 0.2) is 0 Å². The topological polar surface area (TPSA) is 58.4 Å². The number of nitrogens with two attached hydrogens (primary N) is 1. The Balaban J connectivity index is 0.00000156. The monoisotopic (exact) mass is 385 g/mol. The Morgan fingerprint density at radius 1 is 1.24 bits per heavy atom. The molecular weight excluding hydrogens is 357 g/mol. The average Bonchev–Trinajstić information content (AvgIpc) is 3.29. The molecule has 1 amide bonds. The molecule has 25 heavy (non-hydrogen) atoms. The number of primary amides is 1. The second kappa shape index (κ2) is 10.2. The molecule has 1 aromatic rings. The van der Waals surface area contributed by atoms with E-state index in [9.17, 15) is 4.79 Å². The third-order valence-electron chi connectivity index (χ3n) is 4.99. The molecule has 2 fully saturated rings. The van der Waals surface area contributed by atoms with E-state index in [0.717, 1.165) is 25.9 Å². The van der Waals surface area contributed by atoms with Crippen LogP contribution >= 0.6 is 24.8 Å². The van der Waals surface area contributed by atoms with Crippen LogP contribution in [0.2, 0.25) is 0 Å². The van der Waals surface area contributed by atoms with Gasteiger partial charge < -0.3 is 11.1 Å². The first-order chi connectivity index (χ1) is 11.1. The standard InChI is InChI=1S/C19H27N3O.2ClH/c1-14(11-15-5-3-2-4-6-15)17-12-18(17)21-16-7-9-22(10-8-16)13-19(20)23;;/h2-6,11,16-18,21H,7-10,12-13H2,1H3,(H2,20,23);2*1H/t17-,18+;;/m0../s1. The van der Waals surface area contributed by atoms with Crippen LogP contribution in [-0.4, -0.2) is 42.5 Å². The van der Waals surface area contributed by atoms with Crippen LogP contribution in [0.5, 0.6) is 0 Å². The van der Waals surface area contributed by atoms with Crippen LogP contribution in [0.15, 0.2) is 35.9 Å². The lowest BCUT2D eigenvalue weighted by Crippen LogP contribution is -2.46. The van der Waals surface area contributed by atoms with Crippen LogP contribution < -0.4 is 11.1 Å². The number of benzene rings is 1. The number of carbonyl (C=O) groups excluding carboxylic acids is 1. The largest absolute Gasteiger partial charge is 0.369 e. The van der Waals surface area contributed by atoms with Gasteiger partial charge in [-0.15, -0.1) is 24.8 Å². The van der Waals surface area contributed by atoms with Crippen molar-refractivity contribution in [1.82, 2.24) is 10.2 Å². The van der Waals surface area contributed by atoms with Gasteiger partial charge in [-0.05, 0) is 37.7 Å². The molecule has 2 aliphatic rings. The van der Waals surface area contributed by atoms with Crippen LogP contribution in [-0.2, 0) is 4.79 Å². The van der Waals surface area contributed by atoms with Crippen LogP contribution in [0, 0.1) is 5.92 Å². The fourth-order valence-corrected chi connectivity index (χ4v) is 3.58. The first-order valence-electron chi connectivity index (χ1n) is 8.62.